The maximum atomic E-state index is 15.3. The molecule has 5 rings (SSSR count). The average Bonchev–Trinajstić information content (AvgIpc) is 2.93. The summed E-state index contributed by atoms with van der Waals surface area (Å²) in [4.78, 5) is 8.44. The second-order valence-electron chi connectivity index (χ2n) is 12.4. The van der Waals surface area contributed by atoms with Crippen LogP contribution in [0.3, 0.4) is 0 Å². The lowest BCUT2D eigenvalue weighted by molar-refractivity contribution is -0.253. The zero-order valence-electron chi connectivity index (χ0n) is 26.7. The predicted octanol–water partition coefficient (Wildman–Crippen LogP) is 10.7. The molecule has 0 bridgehead atoms. The molecule has 252 valence electrons. The van der Waals surface area contributed by atoms with Crippen molar-refractivity contribution in [2.24, 2.45) is 9.98 Å². The van der Waals surface area contributed by atoms with E-state index in [1.54, 1.807) is 25.1 Å². The first kappa shape index (κ1) is 34.3. The highest BCUT2D eigenvalue weighted by Crippen LogP contribution is 2.55. The summed E-state index contributed by atoms with van der Waals surface area (Å²) in [5.41, 5.74) is -7.96. The van der Waals surface area contributed by atoms with Gasteiger partial charge >= 0.3 is 18.5 Å². The Balaban J connectivity index is 1.84. The number of halogens is 9. The Kier molecular flexibility index (Phi) is 7.84. The molecule has 2 aliphatic rings. The molecule has 2 aliphatic heterocycles. The van der Waals surface area contributed by atoms with Crippen molar-refractivity contribution in [3.05, 3.63) is 92.0 Å². The van der Waals surface area contributed by atoms with Crippen LogP contribution in [-0.4, -0.2) is 30.3 Å². The van der Waals surface area contributed by atoms with E-state index in [0.717, 1.165) is 19.1 Å². The van der Waals surface area contributed by atoms with E-state index in [-0.39, 0.29) is 51.0 Å². The zero-order chi connectivity index (χ0) is 35.2. The van der Waals surface area contributed by atoms with Crippen molar-refractivity contribution >= 4 is 23.2 Å². The monoisotopic (exact) mass is 670 g/mol. The molecule has 3 atom stereocenters. The van der Waals surface area contributed by atoms with Gasteiger partial charge in [0.1, 0.15) is 5.92 Å². The van der Waals surface area contributed by atoms with Crippen molar-refractivity contribution in [3.63, 3.8) is 0 Å². The number of hydrogen-bond acceptors (Lipinski definition) is 4. The number of ether oxygens (including phenoxy) is 2. The van der Waals surface area contributed by atoms with Gasteiger partial charge in [-0.3, -0.25) is 0 Å². The molecule has 0 saturated heterocycles. The molecule has 3 aromatic carbocycles. The van der Waals surface area contributed by atoms with Gasteiger partial charge in [0.25, 0.3) is 0 Å². The summed E-state index contributed by atoms with van der Waals surface area (Å²) in [6.07, 6.45) is -15.3. The minimum absolute atomic E-state index is 0.0154. The molecule has 0 fully saturated rings. The van der Waals surface area contributed by atoms with Gasteiger partial charge in [0, 0.05) is 23.6 Å². The van der Waals surface area contributed by atoms with Gasteiger partial charge in [-0.1, -0.05) is 17.7 Å². The van der Waals surface area contributed by atoms with Crippen LogP contribution in [-0.2, 0) is 20.7 Å². The number of fused-ring (bicyclic) bond motifs is 2. The third-order valence-corrected chi connectivity index (χ3v) is 9.27. The molecule has 3 aromatic rings. The topological polar surface area (TPSA) is 43.2 Å². The summed E-state index contributed by atoms with van der Waals surface area (Å²) in [6.45, 7) is 9.71. The van der Waals surface area contributed by atoms with Crippen LogP contribution in [0.15, 0.2) is 46.4 Å². The van der Waals surface area contributed by atoms with Gasteiger partial charge in [-0.05, 0) is 106 Å². The van der Waals surface area contributed by atoms with E-state index in [1.165, 1.54) is 40.7 Å². The Morgan fingerprint density at radius 1 is 0.617 bits per heavy atom. The van der Waals surface area contributed by atoms with Crippen LogP contribution < -0.4 is 0 Å². The summed E-state index contributed by atoms with van der Waals surface area (Å²) >= 11 is 0. The van der Waals surface area contributed by atoms with E-state index in [1.807, 2.05) is 0 Å². The van der Waals surface area contributed by atoms with Crippen molar-refractivity contribution in [1.29, 1.82) is 0 Å². The smallest absolute Gasteiger partial charge is 0.432 e. The van der Waals surface area contributed by atoms with Crippen LogP contribution in [0.2, 0.25) is 0 Å². The maximum Gasteiger partial charge on any atom is 0.432 e. The SMILES string of the molecule is CC1=Nc2c(cc(C(c3cc4c(c(C)c3C)N=C(c3cccc(C)c3)OC4(C)C(F)(F)F)C(F)(F)F)c(C)c2C)C(C)(C(F)(F)F)O1. The van der Waals surface area contributed by atoms with Gasteiger partial charge in [0.2, 0.25) is 17.1 Å². The highest BCUT2D eigenvalue weighted by molar-refractivity contribution is 5.98. The maximum absolute atomic E-state index is 15.3. The van der Waals surface area contributed by atoms with E-state index in [0.29, 0.717) is 12.5 Å². The lowest BCUT2D eigenvalue weighted by atomic mass is 9.77. The highest BCUT2D eigenvalue weighted by atomic mass is 19.4. The second-order valence-corrected chi connectivity index (χ2v) is 12.4. The van der Waals surface area contributed by atoms with E-state index in [2.05, 4.69) is 9.98 Å². The highest BCUT2D eigenvalue weighted by Gasteiger charge is 2.60. The lowest BCUT2D eigenvalue weighted by Crippen LogP contribution is -2.46. The summed E-state index contributed by atoms with van der Waals surface area (Å²) in [7, 11) is 0. The van der Waals surface area contributed by atoms with Crippen molar-refractivity contribution in [1.82, 2.24) is 0 Å². The minimum Gasteiger partial charge on any atom is -0.460 e. The fourth-order valence-corrected chi connectivity index (χ4v) is 6.22. The molecule has 0 spiro atoms. The number of rotatable bonds is 3. The number of aliphatic imine (C=N–C) groups is 2. The van der Waals surface area contributed by atoms with Crippen LogP contribution in [0.25, 0.3) is 0 Å². The Morgan fingerprint density at radius 3 is 1.53 bits per heavy atom. The Labute approximate surface area is 265 Å². The molecule has 0 saturated carbocycles. The molecule has 0 aromatic heterocycles. The van der Waals surface area contributed by atoms with Gasteiger partial charge in [-0.25, -0.2) is 9.98 Å². The van der Waals surface area contributed by atoms with E-state index >= 15 is 13.2 Å². The molecule has 13 heteroatoms. The number of benzene rings is 3. The standard InChI is InChI=1S/C34H31F9N2O2/c1-15-10-9-11-21(12-15)29-45-28-19(5)17(3)23(14-25(28)31(8,47-29)34(41,42)43)26(32(35,36)37)22-13-24-27(18(4)16(22)2)44-20(6)46-30(24,7)33(38,39)40/h9-14,26H,1-8H3. The molecular formula is C34H31F9N2O2. The fourth-order valence-electron chi connectivity index (χ4n) is 6.22. The van der Waals surface area contributed by atoms with Crippen LogP contribution >= 0.6 is 0 Å². The first-order valence-electron chi connectivity index (χ1n) is 14.5. The lowest BCUT2D eigenvalue weighted by Gasteiger charge is -2.39. The van der Waals surface area contributed by atoms with Crippen LogP contribution in [0.1, 0.15) is 82.3 Å². The second kappa shape index (κ2) is 10.7. The Hall–Kier alpha value is -4.03. The van der Waals surface area contributed by atoms with Gasteiger partial charge in [-0.15, -0.1) is 0 Å². The third kappa shape index (κ3) is 5.35. The normalized spacial score (nSPS) is 22.0. The van der Waals surface area contributed by atoms with Crippen molar-refractivity contribution in [2.75, 3.05) is 0 Å². The summed E-state index contributed by atoms with van der Waals surface area (Å²) in [5.74, 6) is -3.30. The largest absolute Gasteiger partial charge is 0.460 e. The molecule has 3 unspecified atom stereocenters. The third-order valence-electron chi connectivity index (χ3n) is 9.27. The van der Waals surface area contributed by atoms with Crippen LogP contribution in [0, 0.1) is 34.6 Å². The average molecular weight is 671 g/mol. The Bertz CT molecular complexity index is 1850. The van der Waals surface area contributed by atoms with Gasteiger partial charge in [-0.2, -0.15) is 39.5 Å². The fraction of sp³-hybridized carbons (Fsp3) is 0.412. The molecule has 0 N–H and O–H groups in total. The van der Waals surface area contributed by atoms with E-state index < -0.39 is 57.9 Å². The first-order valence-corrected chi connectivity index (χ1v) is 14.5. The molecule has 47 heavy (non-hydrogen) atoms. The Morgan fingerprint density at radius 2 is 1.09 bits per heavy atom. The van der Waals surface area contributed by atoms with Crippen molar-refractivity contribution < 1.29 is 49.0 Å². The zero-order valence-corrected chi connectivity index (χ0v) is 26.7. The number of nitrogens with zero attached hydrogens (tertiary/aromatic N) is 2. The number of hydrogen-bond donors (Lipinski definition) is 0. The molecule has 0 amide bonds. The number of aryl methyl sites for hydroxylation is 1. The summed E-state index contributed by atoms with van der Waals surface area (Å²) in [5, 5.41) is 0. The van der Waals surface area contributed by atoms with Crippen LogP contribution in [0.4, 0.5) is 50.9 Å². The molecule has 2 heterocycles. The minimum atomic E-state index is -5.15. The summed E-state index contributed by atoms with van der Waals surface area (Å²) in [6, 6.07) is 7.95. The van der Waals surface area contributed by atoms with Crippen LogP contribution in [0.5, 0.6) is 0 Å². The van der Waals surface area contributed by atoms with Gasteiger partial charge in [0.15, 0.2) is 5.90 Å². The van der Waals surface area contributed by atoms with Crippen molar-refractivity contribution in [3.8, 4) is 0 Å². The van der Waals surface area contributed by atoms with E-state index in [9.17, 15) is 26.3 Å². The van der Waals surface area contributed by atoms with E-state index in [4.69, 9.17) is 9.47 Å². The predicted molar refractivity (Wildman–Crippen MR) is 159 cm³/mol. The van der Waals surface area contributed by atoms with Gasteiger partial charge < -0.3 is 9.47 Å². The molecule has 4 nitrogen and oxygen atoms in total. The van der Waals surface area contributed by atoms with Crippen molar-refractivity contribution in [2.45, 2.75) is 91.0 Å². The molecule has 0 aliphatic carbocycles. The number of alkyl halides is 9. The molecular weight excluding hydrogens is 639 g/mol. The first-order chi connectivity index (χ1) is 21.4. The summed E-state index contributed by atoms with van der Waals surface area (Å²) < 4.78 is 144. The molecule has 0 radical (unpaired) electrons. The van der Waals surface area contributed by atoms with Gasteiger partial charge in [0.05, 0.1) is 11.4 Å². The quantitative estimate of drug-likeness (QED) is 0.260.